The number of hydrogen-bond acceptors (Lipinski definition) is 6. The normalized spacial score (nSPS) is 20.8. The standard InChI is InChI=1S/C21H22ClN3O4S/c1-24-9-13-4-3-12(7-14(13)10-24)20(27)25-11-15(8-16(25)21(28)29-2)23-19(26)17-5-6-18(22)30-17/h3-7,15-16H,8-11H2,1-2H3,(H,23,26)/t15-,16+/m1/s1. The molecule has 0 aliphatic carbocycles. The second-order valence-corrected chi connectivity index (χ2v) is 9.38. The van der Waals surface area contributed by atoms with E-state index in [-0.39, 0.29) is 24.4 Å². The summed E-state index contributed by atoms with van der Waals surface area (Å²) in [5.41, 5.74) is 2.87. The number of carbonyl (C=O) groups is 3. The van der Waals surface area contributed by atoms with Crippen molar-refractivity contribution in [1.29, 1.82) is 0 Å². The van der Waals surface area contributed by atoms with Crippen LogP contribution in [0.25, 0.3) is 0 Å². The first kappa shape index (κ1) is 20.8. The van der Waals surface area contributed by atoms with E-state index in [2.05, 4.69) is 10.2 Å². The van der Waals surface area contributed by atoms with Gasteiger partial charge in [0.05, 0.1) is 16.3 Å². The van der Waals surface area contributed by atoms with Crippen molar-refractivity contribution in [3.63, 3.8) is 0 Å². The quantitative estimate of drug-likeness (QED) is 0.728. The Morgan fingerprint density at radius 1 is 1.17 bits per heavy atom. The summed E-state index contributed by atoms with van der Waals surface area (Å²) in [4.78, 5) is 42.2. The zero-order valence-corrected chi connectivity index (χ0v) is 18.3. The smallest absolute Gasteiger partial charge is 0.328 e. The Hall–Kier alpha value is -2.42. The van der Waals surface area contributed by atoms with Crippen molar-refractivity contribution in [2.45, 2.75) is 31.6 Å². The van der Waals surface area contributed by atoms with E-state index in [1.807, 2.05) is 19.2 Å². The number of carbonyl (C=O) groups excluding carboxylic acids is 3. The lowest BCUT2D eigenvalue weighted by molar-refractivity contribution is -0.145. The minimum absolute atomic E-state index is 0.237. The first-order chi connectivity index (χ1) is 14.4. The van der Waals surface area contributed by atoms with Crippen molar-refractivity contribution in [3.05, 3.63) is 56.2 Å². The lowest BCUT2D eigenvalue weighted by atomic mass is 10.1. The van der Waals surface area contributed by atoms with Crippen LogP contribution in [0.4, 0.5) is 0 Å². The van der Waals surface area contributed by atoms with E-state index in [0.29, 0.717) is 21.2 Å². The van der Waals surface area contributed by atoms with E-state index >= 15 is 0 Å². The molecule has 2 aliphatic heterocycles. The van der Waals surface area contributed by atoms with E-state index < -0.39 is 12.0 Å². The van der Waals surface area contributed by atoms with Gasteiger partial charge in [0, 0.05) is 37.7 Å². The molecule has 0 saturated carbocycles. The van der Waals surface area contributed by atoms with Gasteiger partial charge in [-0.2, -0.15) is 0 Å². The van der Waals surface area contributed by atoms with Gasteiger partial charge in [0.1, 0.15) is 6.04 Å². The minimum Gasteiger partial charge on any atom is -0.467 e. The number of thiophene rings is 1. The van der Waals surface area contributed by atoms with Crippen LogP contribution in [-0.4, -0.2) is 60.4 Å². The van der Waals surface area contributed by atoms with Crippen LogP contribution in [0.15, 0.2) is 30.3 Å². The van der Waals surface area contributed by atoms with Crippen molar-refractivity contribution in [3.8, 4) is 0 Å². The van der Waals surface area contributed by atoms with Gasteiger partial charge in [-0.05, 0) is 42.4 Å². The molecule has 0 spiro atoms. The van der Waals surface area contributed by atoms with Gasteiger partial charge in [0.15, 0.2) is 0 Å². The zero-order valence-electron chi connectivity index (χ0n) is 16.7. The van der Waals surface area contributed by atoms with Crippen LogP contribution in [0.2, 0.25) is 4.34 Å². The highest BCUT2D eigenvalue weighted by molar-refractivity contribution is 7.18. The predicted octanol–water partition coefficient (Wildman–Crippen LogP) is 2.53. The van der Waals surface area contributed by atoms with Gasteiger partial charge >= 0.3 is 5.97 Å². The molecule has 0 bridgehead atoms. The molecule has 158 valence electrons. The summed E-state index contributed by atoms with van der Waals surface area (Å²) in [5.74, 6) is -0.991. The Morgan fingerprint density at radius 2 is 1.93 bits per heavy atom. The fourth-order valence-corrected chi connectivity index (χ4v) is 5.03. The average Bonchev–Trinajstić information content (AvgIpc) is 3.43. The van der Waals surface area contributed by atoms with Crippen molar-refractivity contribution < 1.29 is 19.1 Å². The molecular formula is C21H22ClN3O4S. The van der Waals surface area contributed by atoms with Crippen molar-refractivity contribution >= 4 is 40.7 Å². The predicted molar refractivity (Wildman–Crippen MR) is 114 cm³/mol. The van der Waals surface area contributed by atoms with E-state index in [1.54, 1.807) is 18.2 Å². The number of halogens is 1. The van der Waals surface area contributed by atoms with E-state index in [0.717, 1.165) is 18.7 Å². The van der Waals surface area contributed by atoms with Crippen molar-refractivity contribution in [2.75, 3.05) is 20.7 Å². The minimum atomic E-state index is -0.740. The van der Waals surface area contributed by atoms with Crippen LogP contribution in [0.1, 0.15) is 37.6 Å². The summed E-state index contributed by atoms with van der Waals surface area (Å²) in [6.45, 7) is 1.89. The molecule has 1 N–H and O–H groups in total. The lowest BCUT2D eigenvalue weighted by Gasteiger charge is -2.23. The maximum absolute atomic E-state index is 13.2. The molecule has 2 aliphatic rings. The molecule has 30 heavy (non-hydrogen) atoms. The number of hydrogen-bond donors (Lipinski definition) is 1. The molecule has 0 unspecified atom stereocenters. The molecule has 1 aromatic heterocycles. The fraction of sp³-hybridized carbons (Fsp3) is 0.381. The molecule has 7 nitrogen and oxygen atoms in total. The van der Waals surface area contributed by atoms with Crippen LogP contribution < -0.4 is 5.32 Å². The third-order valence-corrected chi connectivity index (χ3v) is 6.73. The fourth-order valence-electron chi connectivity index (χ4n) is 4.08. The third-order valence-electron chi connectivity index (χ3n) is 5.50. The highest BCUT2D eigenvalue weighted by Gasteiger charge is 2.41. The number of benzene rings is 1. The summed E-state index contributed by atoms with van der Waals surface area (Å²) in [6.07, 6.45) is 0.303. The number of nitrogens with one attached hydrogen (secondary N) is 1. The largest absolute Gasteiger partial charge is 0.467 e. The van der Waals surface area contributed by atoms with Gasteiger partial charge in [-0.25, -0.2) is 4.79 Å². The van der Waals surface area contributed by atoms with E-state index in [4.69, 9.17) is 16.3 Å². The molecule has 0 radical (unpaired) electrons. The number of nitrogens with zero attached hydrogens (tertiary/aromatic N) is 2. The molecule has 4 rings (SSSR count). The van der Waals surface area contributed by atoms with Gasteiger partial charge in [-0.3, -0.25) is 14.5 Å². The molecule has 2 atom stereocenters. The number of amides is 2. The third kappa shape index (κ3) is 4.08. The molecule has 1 fully saturated rings. The monoisotopic (exact) mass is 447 g/mol. The van der Waals surface area contributed by atoms with Gasteiger partial charge in [-0.15, -0.1) is 11.3 Å². The van der Waals surface area contributed by atoms with Gasteiger partial charge in [-0.1, -0.05) is 17.7 Å². The summed E-state index contributed by atoms with van der Waals surface area (Å²) in [5, 5.41) is 2.91. The van der Waals surface area contributed by atoms with Gasteiger partial charge in [0.25, 0.3) is 11.8 Å². The molecule has 3 heterocycles. The Labute approximate surface area is 183 Å². The van der Waals surface area contributed by atoms with Crippen LogP contribution in [0, 0.1) is 0 Å². The molecule has 9 heteroatoms. The Balaban J connectivity index is 1.52. The number of likely N-dealkylation sites (tertiary alicyclic amines) is 1. The summed E-state index contributed by atoms with van der Waals surface area (Å²) in [6, 6.07) is 7.88. The second-order valence-electron chi connectivity index (χ2n) is 7.66. The first-order valence-corrected chi connectivity index (χ1v) is 10.8. The maximum Gasteiger partial charge on any atom is 0.328 e. The number of fused-ring (bicyclic) bond motifs is 1. The topological polar surface area (TPSA) is 79.0 Å². The number of ether oxygens (including phenoxy) is 1. The Morgan fingerprint density at radius 3 is 2.63 bits per heavy atom. The molecule has 2 amide bonds. The average molecular weight is 448 g/mol. The zero-order chi connectivity index (χ0) is 21.4. The highest BCUT2D eigenvalue weighted by atomic mass is 35.5. The van der Waals surface area contributed by atoms with Gasteiger partial charge < -0.3 is 15.0 Å². The van der Waals surface area contributed by atoms with Crippen molar-refractivity contribution in [2.24, 2.45) is 0 Å². The number of rotatable bonds is 4. The summed E-state index contributed by atoms with van der Waals surface area (Å²) < 4.78 is 5.44. The van der Waals surface area contributed by atoms with Crippen LogP contribution in [0.3, 0.4) is 0 Å². The van der Waals surface area contributed by atoms with Crippen LogP contribution in [-0.2, 0) is 22.6 Å². The van der Waals surface area contributed by atoms with Crippen LogP contribution in [0.5, 0.6) is 0 Å². The van der Waals surface area contributed by atoms with E-state index in [1.165, 1.54) is 28.9 Å². The SMILES string of the molecule is COC(=O)[C@@H]1C[C@@H](NC(=O)c2ccc(Cl)s2)CN1C(=O)c1ccc2c(c1)CN(C)C2. The van der Waals surface area contributed by atoms with Crippen molar-refractivity contribution in [1.82, 2.24) is 15.1 Å². The molecular weight excluding hydrogens is 426 g/mol. The Bertz CT molecular complexity index is 1010. The molecule has 1 saturated heterocycles. The first-order valence-electron chi connectivity index (χ1n) is 9.61. The summed E-state index contributed by atoms with van der Waals surface area (Å²) >= 11 is 7.09. The highest BCUT2D eigenvalue weighted by Crippen LogP contribution is 2.27. The Kier molecular flexibility index (Phi) is 5.81. The second kappa shape index (κ2) is 8.37. The molecule has 2 aromatic rings. The number of esters is 1. The molecule has 1 aromatic carbocycles. The van der Waals surface area contributed by atoms with E-state index in [9.17, 15) is 14.4 Å². The van der Waals surface area contributed by atoms with Gasteiger partial charge in [0.2, 0.25) is 0 Å². The number of methoxy groups -OCH3 is 1. The lowest BCUT2D eigenvalue weighted by Crippen LogP contribution is -2.42. The maximum atomic E-state index is 13.2. The summed E-state index contributed by atoms with van der Waals surface area (Å²) in [7, 11) is 3.33. The van der Waals surface area contributed by atoms with Crippen LogP contribution >= 0.6 is 22.9 Å².